The zero-order valence-corrected chi connectivity index (χ0v) is 20.1. The van der Waals surface area contributed by atoms with Crippen LogP contribution in [0.3, 0.4) is 0 Å². The maximum atomic E-state index is 12.8. The molecule has 1 heterocycles. The molecule has 0 spiro atoms. The smallest absolute Gasteiger partial charge is 0.419 e. The fourth-order valence-electron chi connectivity index (χ4n) is 2.98. The van der Waals surface area contributed by atoms with Crippen molar-refractivity contribution < 1.29 is 33.0 Å². The average molecular weight is 428 g/mol. The van der Waals surface area contributed by atoms with Crippen LogP contribution in [0.2, 0.25) is 19.6 Å². The molecule has 1 atom stereocenters. The van der Waals surface area contributed by atoms with E-state index < -0.39 is 38.1 Å². The molecule has 0 aromatic carbocycles. The molecular weight excluding hydrogens is 394 g/mol. The molecule has 0 bridgehead atoms. The summed E-state index contributed by atoms with van der Waals surface area (Å²) in [5, 5.41) is 0. The second-order valence-corrected chi connectivity index (χ2v) is 13.3. The van der Waals surface area contributed by atoms with Crippen LogP contribution in [0.1, 0.15) is 48.1 Å². The maximum Gasteiger partial charge on any atom is 0.419 e. The average Bonchev–Trinajstić information content (AvgIpc) is 2.81. The van der Waals surface area contributed by atoms with Crippen LogP contribution in [0.4, 0.5) is 4.79 Å². The Balaban J connectivity index is 3.53. The third kappa shape index (κ3) is 6.43. The number of methoxy groups -OCH3 is 2. The monoisotopic (exact) mass is 427 g/mol. The Morgan fingerprint density at radius 1 is 1.03 bits per heavy atom. The number of nitrogens with zero attached hydrogens (tertiary/aromatic N) is 1. The molecule has 9 heteroatoms. The van der Waals surface area contributed by atoms with Gasteiger partial charge >= 0.3 is 18.0 Å². The van der Waals surface area contributed by atoms with Gasteiger partial charge in [-0.2, -0.15) is 0 Å². The standard InChI is InChI=1S/C20H33NO7Si/c1-12-14(11-15(17(22)25-6)28-29(8,9)10)13(2)21(16(12)18(23)26-7)19(24)27-20(3,4)5/h15H,11H2,1-10H3. The molecule has 0 saturated carbocycles. The molecular formula is C20H33NO7Si. The van der Waals surface area contributed by atoms with Crippen molar-refractivity contribution in [3.63, 3.8) is 0 Å². The van der Waals surface area contributed by atoms with Gasteiger partial charge in [0.1, 0.15) is 17.4 Å². The molecule has 0 aliphatic rings. The van der Waals surface area contributed by atoms with Gasteiger partial charge in [0.05, 0.1) is 14.2 Å². The molecule has 8 nitrogen and oxygen atoms in total. The fraction of sp³-hybridized carbons (Fsp3) is 0.650. The number of rotatable bonds is 6. The number of esters is 2. The van der Waals surface area contributed by atoms with Crippen LogP contribution in [0.15, 0.2) is 0 Å². The molecule has 164 valence electrons. The second kappa shape index (κ2) is 9.13. The van der Waals surface area contributed by atoms with Crippen molar-refractivity contribution in [3.05, 3.63) is 22.5 Å². The minimum Gasteiger partial charge on any atom is -0.467 e. The molecule has 0 fully saturated rings. The van der Waals surface area contributed by atoms with E-state index in [1.807, 2.05) is 19.6 Å². The number of aromatic nitrogens is 1. The summed E-state index contributed by atoms with van der Waals surface area (Å²) in [5.41, 5.74) is 0.999. The lowest BCUT2D eigenvalue weighted by Gasteiger charge is -2.25. The Hall–Kier alpha value is -2.13. The highest BCUT2D eigenvalue weighted by Gasteiger charge is 2.34. The molecule has 29 heavy (non-hydrogen) atoms. The molecule has 0 saturated heterocycles. The SMILES string of the molecule is COC(=O)c1c(C)c(CC(O[Si](C)(C)C)C(=O)OC)c(C)n1C(=O)OC(C)(C)C. The first-order valence-corrected chi connectivity index (χ1v) is 12.8. The number of hydrogen-bond acceptors (Lipinski definition) is 7. The largest absolute Gasteiger partial charge is 0.467 e. The summed E-state index contributed by atoms with van der Waals surface area (Å²) in [4.78, 5) is 37.5. The van der Waals surface area contributed by atoms with E-state index in [0.717, 1.165) is 0 Å². The highest BCUT2D eigenvalue weighted by Crippen LogP contribution is 2.27. The molecule has 1 aromatic heterocycles. The lowest BCUT2D eigenvalue weighted by Crippen LogP contribution is -2.38. The van der Waals surface area contributed by atoms with E-state index >= 15 is 0 Å². The maximum absolute atomic E-state index is 12.8. The van der Waals surface area contributed by atoms with E-state index in [9.17, 15) is 14.4 Å². The lowest BCUT2D eigenvalue weighted by atomic mass is 10.0. The molecule has 0 aliphatic carbocycles. The van der Waals surface area contributed by atoms with Crippen LogP contribution < -0.4 is 0 Å². The van der Waals surface area contributed by atoms with Crippen molar-refractivity contribution in [2.45, 2.75) is 72.4 Å². The van der Waals surface area contributed by atoms with Crippen LogP contribution >= 0.6 is 0 Å². The van der Waals surface area contributed by atoms with Crippen LogP contribution in [0.25, 0.3) is 0 Å². The van der Waals surface area contributed by atoms with Crippen LogP contribution in [0.5, 0.6) is 0 Å². The van der Waals surface area contributed by atoms with Crippen LogP contribution in [0, 0.1) is 13.8 Å². The van der Waals surface area contributed by atoms with Gasteiger partial charge in [-0.1, -0.05) is 0 Å². The van der Waals surface area contributed by atoms with E-state index in [-0.39, 0.29) is 12.1 Å². The first-order valence-electron chi connectivity index (χ1n) is 9.41. The van der Waals surface area contributed by atoms with Crippen molar-refractivity contribution in [1.29, 1.82) is 0 Å². The summed E-state index contributed by atoms with van der Waals surface area (Å²) >= 11 is 0. The van der Waals surface area contributed by atoms with E-state index in [0.29, 0.717) is 16.8 Å². The first kappa shape index (κ1) is 24.9. The van der Waals surface area contributed by atoms with Crippen molar-refractivity contribution >= 4 is 26.3 Å². The normalized spacial score (nSPS) is 13.0. The highest BCUT2D eigenvalue weighted by atomic mass is 28.4. The molecule has 1 aromatic rings. The van der Waals surface area contributed by atoms with Gasteiger partial charge in [0.15, 0.2) is 8.32 Å². The number of ether oxygens (including phenoxy) is 3. The van der Waals surface area contributed by atoms with Crippen molar-refractivity contribution in [2.75, 3.05) is 14.2 Å². The number of carbonyl (C=O) groups excluding carboxylic acids is 3. The Kier molecular flexibility index (Phi) is 7.84. The van der Waals surface area contributed by atoms with E-state index in [1.54, 1.807) is 34.6 Å². The van der Waals surface area contributed by atoms with E-state index in [2.05, 4.69) is 0 Å². The Morgan fingerprint density at radius 2 is 1.59 bits per heavy atom. The summed E-state index contributed by atoms with van der Waals surface area (Å²) in [7, 11) is 0.477. The zero-order chi connectivity index (χ0) is 22.7. The third-order valence-electron chi connectivity index (χ3n) is 4.11. The van der Waals surface area contributed by atoms with Gasteiger partial charge in [0.2, 0.25) is 0 Å². The summed E-state index contributed by atoms with van der Waals surface area (Å²) in [6.45, 7) is 14.5. The summed E-state index contributed by atoms with van der Waals surface area (Å²) in [6.07, 6.45) is -1.37. The van der Waals surface area contributed by atoms with Gasteiger partial charge in [-0.3, -0.25) is 0 Å². The predicted octanol–water partition coefficient (Wildman–Crippen LogP) is 3.61. The van der Waals surface area contributed by atoms with Gasteiger partial charge in [0.25, 0.3) is 0 Å². The molecule has 1 rings (SSSR count). The molecule has 0 N–H and O–H groups in total. The zero-order valence-electron chi connectivity index (χ0n) is 19.1. The summed E-state index contributed by atoms with van der Waals surface area (Å²) in [5.74, 6) is -1.17. The van der Waals surface area contributed by atoms with Gasteiger partial charge < -0.3 is 18.6 Å². The first-order chi connectivity index (χ1) is 13.1. The Morgan fingerprint density at radius 3 is 2.00 bits per heavy atom. The topological polar surface area (TPSA) is 93.1 Å². The van der Waals surface area contributed by atoms with E-state index in [1.165, 1.54) is 18.8 Å². The summed E-state index contributed by atoms with van der Waals surface area (Å²) < 4.78 is 22.4. The molecule has 1 unspecified atom stereocenters. The van der Waals surface area contributed by atoms with Gasteiger partial charge in [-0.15, -0.1) is 0 Å². The highest BCUT2D eigenvalue weighted by molar-refractivity contribution is 6.69. The second-order valence-electron chi connectivity index (χ2n) is 8.79. The van der Waals surface area contributed by atoms with Gasteiger partial charge in [-0.05, 0) is 65.4 Å². The molecule has 0 radical (unpaired) electrons. The van der Waals surface area contributed by atoms with Gasteiger partial charge in [0, 0.05) is 12.1 Å². The van der Waals surface area contributed by atoms with Crippen LogP contribution in [-0.4, -0.2) is 56.8 Å². The third-order valence-corrected chi connectivity index (χ3v) is 5.10. The molecule has 0 amide bonds. The quantitative estimate of drug-likeness (QED) is 0.389. The predicted molar refractivity (Wildman–Crippen MR) is 111 cm³/mol. The number of carbonyl (C=O) groups is 3. The van der Waals surface area contributed by atoms with Crippen molar-refractivity contribution in [1.82, 2.24) is 4.57 Å². The number of hydrogen-bond donors (Lipinski definition) is 0. The van der Waals surface area contributed by atoms with Crippen molar-refractivity contribution in [3.8, 4) is 0 Å². The minimum atomic E-state index is -2.07. The Bertz CT molecular complexity index is 784. The van der Waals surface area contributed by atoms with Crippen LogP contribution in [-0.2, 0) is 29.9 Å². The Labute approximate surface area is 173 Å². The van der Waals surface area contributed by atoms with E-state index in [4.69, 9.17) is 18.6 Å². The van der Waals surface area contributed by atoms with Gasteiger partial charge in [-0.25, -0.2) is 19.0 Å². The van der Waals surface area contributed by atoms with Crippen molar-refractivity contribution in [2.24, 2.45) is 0 Å². The fourth-order valence-corrected chi connectivity index (χ4v) is 4.01. The minimum absolute atomic E-state index is 0.0749. The summed E-state index contributed by atoms with van der Waals surface area (Å²) in [6, 6.07) is 0. The molecule has 0 aliphatic heterocycles. The lowest BCUT2D eigenvalue weighted by molar-refractivity contribution is -0.149.